The Morgan fingerprint density at radius 2 is 1.61 bits per heavy atom. The van der Waals surface area contributed by atoms with E-state index in [1.165, 1.54) is 45.3 Å². The van der Waals surface area contributed by atoms with Gasteiger partial charge in [-0.2, -0.15) is 11.8 Å². The van der Waals surface area contributed by atoms with Crippen molar-refractivity contribution in [2.24, 2.45) is 5.41 Å². The first kappa shape index (κ1) is 16.8. The number of rotatable bonds is 7. The second kappa shape index (κ2) is 8.16. The van der Waals surface area contributed by atoms with E-state index in [1.54, 1.807) is 0 Å². The molecule has 1 fully saturated rings. The van der Waals surface area contributed by atoms with E-state index in [2.05, 4.69) is 60.3 Å². The molecule has 0 N–H and O–H groups in total. The molecule has 0 radical (unpaired) electrons. The van der Waals surface area contributed by atoms with Crippen molar-refractivity contribution in [1.29, 1.82) is 0 Å². The predicted molar refractivity (Wildman–Crippen MR) is 89.0 cm³/mol. The number of hydrogen-bond acceptors (Lipinski definition) is 2. The van der Waals surface area contributed by atoms with Gasteiger partial charge >= 0.3 is 0 Å². The summed E-state index contributed by atoms with van der Waals surface area (Å²) in [6.07, 6.45) is 5.33. The molecular weight excluding hydrogens is 306 g/mol. The third-order valence-corrected chi connectivity index (χ3v) is 6.32. The molecule has 0 bridgehead atoms. The minimum absolute atomic E-state index is 0.505. The van der Waals surface area contributed by atoms with Gasteiger partial charge in [-0.05, 0) is 18.3 Å². The maximum absolute atomic E-state index is 3.80. The summed E-state index contributed by atoms with van der Waals surface area (Å²) in [6.45, 7) is 13.2. The molecule has 0 aromatic carbocycles. The van der Waals surface area contributed by atoms with E-state index in [1.807, 2.05) is 0 Å². The molecule has 3 heteroatoms. The van der Waals surface area contributed by atoms with E-state index in [9.17, 15) is 0 Å². The fourth-order valence-corrected chi connectivity index (χ4v) is 5.53. The van der Waals surface area contributed by atoms with Gasteiger partial charge in [0.2, 0.25) is 0 Å². The van der Waals surface area contributed by atoms with Crippen LogP contribution < -0.4 is 0 Å². The highest BCUT2D eigenvalue weighted by molar-refractivity contribution is 9.09. The van der Waals surface area contributed by atoms with Gasteiger partial charge in [0.05, 0.1) is 0 Å². The van der Waals surface area contributed by atoms with Gasteiger partial charge in [-0.3, -0.25) is 0 Å². The zero-order valence-corrected chi connectivity index (χ0v) is 14.9. The highest BCUT2D eigenvalue weighted by atomic mass is 79.9. The van der Waals surface area contributed by atoms with Crippen molar-refractivity contribution in [2.75, 3.05) is 25.0 Å². The van der Waals surface area contributed by atoms with Crippen LogP contribution in [0.25, 0.3) is 0 Å². The lowest BCUT2D eigenvalue weighted by Gasteiger charge is -2.42. The van der Waals surface area contributed by atoms with Gasteiger partial charge in [0.25, 0.3) is 0 Å². The largest absolute Gasteiger partial charge is 0.301 e. The average Bonchev–Trinajstić information content (AvgIpc) is 2.28. The molecule has 18 heavy (non-hydrogen) atoms. The van der Waals surface area contributed by atoms with Crippen molar-refractivity contribution in [3.63, 3.8) is 0 Å². The van der Waals surface area contributed by atoms with E-state index in [-0.39, 0.29) is 0 Å². The molecule has 1 saturated heterocycles. The van der Waals surface area contributed by atoms with Crippen LogP contribution in [0.4, 0.5) is 0 Å². The Bertz CT molecular complexity index is 219. The molecule has 108 valence electrons. The summed E-state index contributed by atoms with van der Waals surface area (Å²) in [7, 11) is 0. The van der Waals surface area contributed by atoms with E-state index < -0.39 is 0 Å². The minimum Gasteiger partial charge on any atom is -0.301 e. The Morgan fingerprint density at radius 1 is 1.11 bits per heavy atom. The van der Waals surface area contributed by atoms with Crippen LogP contribution in [0.1, 0.15) is 53.4 Å². The maximum Gasteiger partial charge on any atom is 0.0149 e. The fourth-order valence-electron chi connectivity index (χ4n) is 3.41. The zero-order valence-electron chi connectivity index (χ0n) is 12.5. The molecule has 1 aliphatic rings. The number of hydrogen-bond donors (Lipinski definition) is 0. The smallest absolute Gasteiger partial charge is 0.0149 e. The van der Waals surface area contributed by atoms with E-state index in [0.717, 1.165) is 15.8 Å². The lowest BCUT2D eigenvalue weighted by molar-refractivity contribution is 0.145. The van der Waals surface area contributed by atoms with Crippen LogP contribution in [-0.2, 0) is 0 Å². The zero-order chi connectivity index (χ0) is 13.6. The quantitative estimate of drug-likeness (QED) is 0.615. The Hall–Kier alpha value is 0.790. The van der Waals surface area contributed by atoms with Crippen LogP contribution in [0.15, 0.2) is 0 Å². The predicted octanol–water partition coefficient (Wildman–Crippen LogP) is 4.79. The maximum atomic E-state index is 3.80. The molecule has 0 amide bonds. The highest BCUT2D eigenvalue weighted by Crippen LogP contribution is 2.35. The lowest BCUT2D eigenvalue weighted by Crippen LogP contribution is -2.47. The van der Waals surface area contributed by atoms with Crippen LogP contribution in [0.5, 0.6) is 0 Å². The summed E-state index contributed by atoms with van der Waals surface area (Å²) < 4.78 is 0. The normalized spacial score (nSPS) is 26.5. The third-order valence-electron chi connectivity index (χ3n) is 3.90. The summed E-state index contributed by atoms with van der Waals surface area (Å²) in [6, 6.07) is 0. The summed E-state index contributed by atoms with van der Waals surface area (Å²) >= 11 is 5.95. The Morgan fingerprint density at radius 3 is 2.00 bits per heavy atom. The van der Waals surface area contributed by atoms with Gasteiger partial charge in [0.1, 0.15) is 0 Å². The molecule has 2 unspecified atom stereocenters. The topological polar surface area (TPSA) is 3.24 Å². The van der Waals surface area contributed by atoms with Crippen LogP contribution in [0.3, 0.4) is 0 Å². The van der Waals surface area contributed by atoms with Crippen molar-refractivity contribution in [2.45, 2.75) is 63.9 Å². The second-order valence-electron chi connectivity index (χ2n) is 6.09. The molecule has 1 rings (SSSR count). The van der Waals surface area contributed by atoms with Crippen LogP contribution in [-0.4, -0.2) is 40.4 Å². The monoisotopic (exact) mass is 335 g/mol. The molecule has 0 aliphatic carbocycles. The standard InChI is InChI=1S/C15H30BrNS/c1-5-7-15(11-16,8-6-2)12-17-9-13(3)18-14(4)10-17/h13-14H,5-12H2,1-4H3. The number of alkyl halides is 1. The van der Waals surface area contributed by atoms with Crippen LogP contribution >= 0.6 is 27.7 Å². The van der Waals surface area contributed by atoms with Crippen molar-refractivity contribution < 1.29 is 0 Å². The molecule has 0 aromatic rings. The molecule has 0 saturated carbocycles. The van der Waals surface area contributed by atoms with Gasteiger partial charge in [0.15, 0.2) is 0 Å². The molecule has 1 aliphatic heterocycles. The first-order valence-corrected chi connectivity index (χ1v) is 9.55. The summed E-state index contributed by atoms with van der Waals surface area (Å²) in [4.78, 5) is 2.72. The fraction of sp³-hybridized carbons (Fsp3) is 1.00. The molecule has 0 spiro atoms. The highest BCUT2D eigenvalue weighted by Gasteiger charge is 2.32. The van der Waals surface area contributed by atoms with E-state index in [0.29, 0.717) is 5.41 Å². The summed E-state index contributed by atoms with van der Waals surface area (Å²) in [5.74, 6) is 0. The van der Waals surface area contributed by atoms with Gasteiger partial charge < -0.3 is 4.90 Å². The van der Waals surface area contributed by atoms with Crippen molar-refractivity contribution in [3.05, 3.63) is 0 Å². The van der Waals surface area contributed by atoms with Crippen molar-refractivity contribution in [3.8, 4) is 0 Å². The molecule has 0 aromatic heterocycles. The van der Waals surface area contributed by atoms with Crippen LogP contribution in [0, 0.1) is 5.41 Å². The Kier molecular flexibility index (Phi) is 7.64. The van der Waals surface area contributed by atoms with Gasteiger partial charge in [0, 0.05) is 35.5 Å². The first-order valence-electron chi connectivity index (χ1n) is 7.49. The van der Waals surface area contributed by atoms with Gasteiger partial charge in [-0.15, -0.1) is 0 Å². The SMILES string of the molecule is CCCC(CBr)(CCC)CN1CC(C)SC(C)C1. The number of thioether (sulfide) groups is 1. The first-order chi connectivity index (χ1) is 8.55. The molecule has 1 heterocycles. The summed E-state index contributed by atoms with van der Waals surface area (Å²) in [5, 5.41) is 2.75. The van der Waals surface area contributed by atoms with E-state index in [4.69, 9.17) is 0 Å². The van der Waals surface area contributed by atoms with Gasteiger partial charge in [-0.1, -0.05) is 56.5 Å². The Balaban J connectivity index is 2.63. The van der Waals surface area contributed by atoms with E-state index >= 15 is 0 Å². The van der Waals surface area contributed by atoms with Crippen molar-refractivity contribution in [1.82, 2.24) is 4.90 Å². The number of halogens is 1. The lowest BCUT2D eigenvalue weighted by atomic mass is 9.80. The van der Waals surface area contributed by atoms with Gasteiger partial charge in [-0.25, -0.2) is 0 Å². The Labute approximate surface area is 127 Å². The minimum atomic E-state index is 0.505. The molecule has 2 atom stereocenters. The molecule has 1 nitrogen and oxygen atoms in total. The summed E-state index contributed by atoms with van der Waals surface area (Å²) in [5.41, 5.74) is 0.505. The third kappa shape index (κ3) is 5.05. The average molecular weight is 336 g/mol. The van der Waals surface area contributed by atoms with Crippen molar-refractivity contribution >= 4 is 27.7 Å². The second-order valence-corrected chi connectivity index (χ2v) is 8.53. The molecular formula is C15H30BrNS. The number of nitrogens with zero attached hydrogens (tertiary/aromatic N) is 1. The van der Waals surface area contributed by atoms with Crippen LogP contribution in [0.2, 0.25) is 0 Å².